The second kappa shape index (κ2) is 6.58. The Morgan fingerprint density at radius 3 is 2.78 bits per heavy atom. The van der Waals surface area contributed by atoms with Crippen molar-refractivity contribution >= 4 is 11.5 Å². The quantitative estimate of drug-likeness (QED) is 0.619. The summed E-state index contributed by atoms with van der Waals surface area (Å²) in [5.41, 5.74) is 5.26. The smallest absolute Gasteiger partial charge is 0.0801 e. The van der Waals surface area contributed by atoms with Crippen molar-refractivity contribution in [2.24, 2.45) is 5.84 Å². The first-order valence-electron chi connectivity index (χ1n) is 6.16. The van der Waals surface area contributed by atoms with E-state index in [1.807, 2.05) is 6.07 Å². The van der Waals surface area contributed by atoms with Crippen LogP contribution in [0.1, 0.15) is 35.5 Å². The molecule has 4 nitrogen and oxygen atoms in total. The van der Waals surface area contributed by atoms with Crippen LogP contribution in [0.3, 0.4) is 0 Å². The van der Waals surface area contributed by atoms with Gasteiger partial charge >= 0.3 is 0 Å². The molecule has 1 atom stereocenters. The molecule has 5 heteroatoms. The van der Waals surface area contributed by atoms with Crippen LogP contribution in [0.2, 0.25) is 0 Å². The number of benzene rings is 1. The van der Waals surface area contributed by atoms with Crippen LogP contribution in [0.4, 0.5) is 0 Å². The van der Waals surface area contributed by atoms with Gasteiger partial charge < -0.3 is 0 Å². The first-order chi connectivity index (χ1) is 8.85. The number of hydrazine groups is 1. The van der Waals surface area contributed by atoms with Crippen LogP contribution in [0.25, 0.3) is 0 Å². The van der Waals surface area contributed by atoms with Crippen LogP contribution in [0.15, 0.2) is 30.3 Å². The van der Waals surface area contributed by atoms with Gasteiger partial charge in [0.25, 0.3) is 0 Å². The summed E-state index contributed by atoms with van der Waals surface area (Å²) in [5, 5.41) is 4.13. The highest BCUT2D eigenvalue weighted by Gasteiger charge is 2.16. The first kappa shape index (κ1) is 13.1. The molecular formula is C13H18N4S. The SMILES string of the molecule is CCc1nnsc1C(CCc1ccccc1)NN. The van der Waals surface area contributed by atoms with Gasteiger partial charge in [-0.3, -0.25) is 11.3 Å². The molecule has 1 unspecified atom stereocenters. The van der Waals surface area contributed by atoms with Gasteiger partial charge in [-0.25, -0.2) is 0 Å². The van der Waals surface area contributed by atoms with Gasteiger partial charge in [-0.1, -0.05) is 41.7 Å². The maximum absolute atomic E-state index is 5.65. The summed E-state index contributed by atoms with van der Waals surface area (Å²) in [6, 6.07) is 10.6. The monoisotopic (exact) mass is 262 g/mol. The van der Waals surface area contributed by atoms with E-state index >= 15 is 0 Å². The zero-order valence-corrected chi connectivity index (χ0v) is 11.3. The number of hydrogen-bond acceptors (Lipinski definition) is 5. The fourth-order valence-corrected chi connectivity index (χ4v) is 2.80. The number of hydrogen-bond donors (Lipinski definition) is 2. The summed E-state index contributed by atoms with van der Waals surface area (Å²) >= 11 is 1.44. The Bertz CT molecular complexity index is 469. The van der Waals surface area contributed by atoms with Crippen molar-refractivity contribution in [3.8, 4) is 0 Å². The highest BCUT2D eigenvalue weighted by Crippen LogP contribution is 2.24. The maximum Gasteiger partial charge on any atom is 0.0801 e. The van der Waals surface area contributed by atoms with E-state index in [1.54, 1.807) is 0 Å². The van der Waals surface area contributed by atoms with Gasteiger partial charge in [0, 0.05) is 0 Å². The number of aromatic nitrogens is 2. The lowest BCUT2D eigenvalue weighted by Gasteiger charge is -2.14. The molecule has 0 aliphatic rings. The standard InChI is InChI=1S/C13H18N4S/c1-2-11-13(18-17-16-11)12(15-14)9-8-10-6-4-3-5-7-10/h3-7,12,15H,2,8-9,14H2,1H3. The van der Waals surface area contributed by atoms with Crippen molar-refractivity contribution in [3.63, 3.8) is 0 Å². The highest BCUT2D eigenvalue weighted by atomic mass is 32.1. The van der Waals surface area contributed by atoms with E-state index in [0.29, 0.717) is 0 Å². The largest absolute Gasteiger partial charge is 0.271 e. The Hall–Kier alpha value is -1.30. The molecule has 0 radical (unpaired) electrons. The third kappa shape index (κ3) is 3.13. The van der Waals surface area contributed by atoms with E-state index in [-0.39, 0.29) is 6.04 Å². The fraction of sp³-hybridized carbons (Fsp3) is 0.385. The third-order valence-corrected chi connectivity index (χ3v) is 3.88. The van der Waals surface area contributed by atoms with Crippen LogP contribution < -0.4 is 11.3 Å². The van der Waals surface area contributed by atoms with Crippen LogP contribution in [0.5, 0.6) is 0 Å². The predicted octanol–water partition coefficient (Wildman–Crippen LogP) is 2.24. The van der Waals surface area contributed by atoms with Gasteiger partial charge in [0.05, 0.1) is 16.6 Å². The predicted molar refractivity (Wildman–Crippen MR) is 74.1 cm³/mol. The molecule has 0 saturated heterocycles. The molecule has 0 fully saturated rings. The van der Waals surface area contributed by atoms with E-state index in [2.05, 4.69) is 46.2 Å². The second-order valence-electron chi connectivity index (χ2n) is 4.18. The van der Waals surface area contributed by atoms with Gasteiger partial charge in [0.2, 0.25) is 0 Å². The molecule has 0 spiro atoms. The first-order valence-corrected chi connectivity index (χ1v) is 6.93. The van der Waals surface area contributed by atoms with E-state index in [1.165, 1.54) is 17.1 Å². The Kier molecular flexibility index (Phi) is 4.81. The van der Waals surface area contributed by atoms with Gasteiger partial charge in [0.1, 0.15) is 0 Å². The lowest BCUT2D eigenvalue weighted by Crippen LogP contribution is -2.28. The average Bonchev–Trinajstić information content (AvgIpc) is 2.89. The minimum Gasteiger partial charge on any atom is -0.271 e. The lowest BCUT2D eigenvalue weighted by molar-refractivity contribution is 0.519. The number of aryl methyl sites for hydroxylation is 2. The summed E-state index contributed by atoms with van der Waals surface area (Å²) < 4.78 is 4.01. The minimum absolute atomic E-state index is 0.139. The fourth-order valence-electron chi connectivity index (χ4n) is 1.97. The molecule has 18 heavy (non-hydrogen) atoms. The van der Waals surface area contributed by atoms with Gasteiger partial charge in [-0.15, -0.1) is 5.10 Å². The number of nitrogens with one attached hydrogen (secondary N) is 1. The molecule has 1 aromatic carbocycles. The average molecular weight is 262 g/mol. The number of nitrogens with two attached hydrogens (primary N) is 1. The maximum atomic E-state index is 5.65. The molecule has 1 heterocycles. The number of rotatable bonds is 6. The summed E-state index contributed by atoms with van der Waals surface area (Å²) in [6.07, 6.45) is 2.85. The molecule has 0 amide bonds. The summed E-state index contributed by atoms with van der Waals surface area (Å²) in [5.74, 6) is 5.65. The number of nitrogens with zero attached hydrogens (tertiary/aromatic N) is 2. The second-order valence-corrected chi connectivity index (χ2v) is 4.97. The Morgan fingerprint density at radius 1 is 1.33 bits per heavy atom. The van der Waals surface area contributed by atoms with Crippen LogP contribution >= 0.6 is 11.5 Å². The molecule has 0 bridgehead atoms. The van der Waals surface area contributed by atoms with Crippen molar-refractivity contribution < 1.29 is 0 Å². The van der Waals surface area contributed by atoms with Crippen LogP contribution in [-0.2, 0) is 12.8 Å². The Morgan fingerprint density at radius 2 is 2.11 bits per heavy atom. The summed E-state index contributed by atoms with van der Waals surface area (Å²) in [6.45, 7) is 2.09. The van der Waals surface area contributed by atoms with E-state index in [9.17, 15) is 0 Å². The van der Waals surface area contributed by atoms with Crippen molar-refractivity contribution in [1.29, 1.82) is 0 Å². The van der Waals surface area contributed by atoms with Crippen LogP contribution in [0, 0.1) is 0 Å². The Balaban J connectivity index is 2.02. The molecule has 0 aliphatic heterocycles. The molecule has 96 valence electrons. The third-order valence-electron chi connectivity index (χ3n) is 3.00. The normalized spacial score (nSPS) is 12.6. The minimum atomic E-state index is 0.139. The molecule has 0 saturated carbocycles. The zero-order valence-electron chi connectivity index (χ0n) is 10.5. The molecule has 2 rings (SSSR count). The van der Waals surface area contributed by atoms with Crippen molar-refractivity contribution in [1.82, 2.24) is 15.0 Å². The molecule has 3 N–H and O–H groups in total. The lowest BCUT2D eigenvalue weighted by atomic mass is 10.0. The van der Waals surface area contributed by atoms with Crippen molar-refractivity contribution in [2.45, 2.75) is 32.2 Å². The molecule has 1 aromatic heterocycles. The van der Waals surface area contributed by atoms with E-state index in [4.69, 9.17) is 5.84 Å². The summed E-state index contributed by atoms with van der Waals surface area (Å²) in [4.78, 5) is 1.16. The molecular weight excluding hydrogens is 244 g/mol. The van der Waals surface area contributed by atoms with Crippen molar-refractivity contribution in [3.05, 3.63) is 46.5 Å². The van der Waals surface area contributed by atoms with Crippen molar-refractivity contribution in [2.75, 3.05) is 0 Å². The van der Waals surface area contributed by atoms with E-state index in [0.717, 1.165) is 29.8 Å². The van der Waals surface area contributed by atoms with Crippen LogP contribution in [-0.4, -0.2) is 9.59 Å². The molecule has 2 aromatic rings. The van der Waals surface area contributed by atoms with Gasteiger partial charge in [0.15, 0.2) is 0 Å². The summed E-state index contributed by atoms with van der Waals surface area (Å²) in [7, 11) is 0. The topological polar surface area (TPSA) is 63.8 Å². The zero-order chi connectivity index (χ0) is 12.8. The van der Waals surface area contributed by atoms with E-state index < -0.39 is 0 Å². The molecule has 0 aliphatic carbocycles. The highest BCUT2D eigenvalue weighted by molar-refractivity contribution is 7.05. The Labute approximate surface area is 111 Å². The van der Waals surface area contributed by atoms with Gasteiger partial charge in [-0.2, -0.15) is 0 Å². The van der Waals surface area contributed by atoms with Gasteiger partial charge in [-0.05, 0) is 36.4 Å².